The molecule has 0 atom stereocenters. The molecule has 1 N–H and O–H groups in total. The molecule has 0 amide bonds. The Morgan fingerprint density at radius 2 is 2.00 bits per heavy atom. The molecule has 0 aliphatic heterocycles. The summed E-state index contributed by atoms with van der Waals surface area (Å²) in [6.45, 7) is 3.93. The highest BCUT2D eigenvalue weighted by Crippen LogP contribution is 2.10. The van der Waals surface area contributed by atoms with E-state index in [4.69, 9.17) is 0 Å². The van der Waals surface area contributed by atoms with Crippen molar-refractivity contribution in [3.05, 3.63) is 66.2 Å². The minimum absolute atomic E-state index is 0.619. The number of nitrogens with one attached hydrogen (secondary N) is 1. The van der Waals surface area contributed by atoms with Gasteiger partial charge in [0.1, 0.15) is 6.33 Å². The highest BCUT2D eigenvalue weighted by molar-refractivity contribution is 5.98. The van der Waals surface area contributed by atoms with Gasteiger partial charge in [-0.15, -0.1) is 0 Å². The third-order valence-corrected chi connectivity index (χ3v) is 3.13. The monoisotopic (exact) mass is 292 g/mol. The standard InChI is InChI=1S/C16H16N6/c1-12-9-19-22(10-12)16-8-15(17-11-18-16)21-20-13(2)14-6-4-3-5-7-14/h3-11H,1-2H3,(H,17,18,21)/b20-13-. The SMILES string of the molecule is C/C(=N/Nc1cc(-n2cc(C)cn2)ncn1)c1ccccc1. The van der Waals surface area contributed by atoms with Crippen LogP contribution < -0.4 is 5.43 Å². The van der Waals surface area contributed by atoms with Gasteiger partial charge in [-0.25, -0.2) is 14.6 Å². The largest absolute Gasteiger partial charge is 0.261 e. The first kappa shape index (κ1) is 13.9. The van der Waals surface area contributed by atoms with E-state index in [1.807, 2.05) is 50.4 Å². The molecule has 3 aromatic rings. The summed E-state index contributed by atoms with van der Waals surface area (Å²) in [6, 6.07) is 11.8. The average Bonchev–Trinajstić information content (AvgIpc) is 3.00. The van der Waals surface area contributed by atoms with Gasteiger partial charge in [0.2, 0.25) is 0 Å². The maximum Gasteiger partial charge on any atom is 0.158 e. The fraction of sp³-hybridized carbons (Fsp3) is 0.125. The topological polar surface area (TPSA) is 68.0 Å². The van der Waals surface area contributed by atoms with Crippen LogP contribution >= 0.6 is 0 Å². The van der Waals surface area contributed by atoms with Gasteiger partial charge in [-0.2, -0.15) is 10.2 Å². The number of aryl methyl sites for hydroxylation is 1. The van der Waals surface area contributed by atoms with Crippen molar-refractivity contribution in [3.8, 4) is 5.82 Å². The number of nitrogens with zero attached hydrogens (tertiary/aromatic N) is 5. The van der Waals surface area contributed by atoms with Gasteiger partial charge in [-0.3, -0.25) is 5.43 Å². The number of aromatic nitrogens is 4. The van der Waals surface area contributed by atoms with Gasteiger partial charge in [-0.1, -0.05) is 30.3 Å². The van der Waals surface area contributed by atoms with Gasteiger partial charge in [0.05, 0.1) is 11.9 Å². The first-order chi connectivity index (χ1) is 10.7. The van der Waals surface area contributed by atoms with Crippen molar-refractivity contribution in [1.82, 2.24) is 19.7 Å². The molecule has 0 unspecified atom stereocenters. The summed E-state index contributed by atoms with van der Waals surface area (Å²) < 4.78 is 1.70. The van der Waals surface area contributed by atoms with E-state index in [9.17, 15) is 0 Å². The summed E-state index contributed by atoms with van der Waals surface area (Å²) in [4.78, 5) is 8.38. The Bertz CT molecular complexity index is 791. The van der Waals surface area contributed by atoms with Gasteiger partial charge in [0.15, 0.2) is 11.6 Å². The van der Waals surface area contributed by atoms with Crippen LogP contribution in [0, 0.1) is 6.92 Å². The molecule has 0 fully saturated rings. The van der Waals surface area contributed by atoms with Crippen molar-refractivity contribution in [1.29, 1.82) is 0 Å². The van der Waals surface area contributed by atoms with Gasteiger partial charge < -0.3 is 0 Å². The molecule has 0 aliphatic rings. The Morgan fingerprint density at radius 3 is 2.73 bits per heavy atom. The van der Waals surface area contributed by atoms with Crippen molar-refractivity contribution in [2.24, 2.45) is 5.10 Å². The first-order valence-electron chi connectivity index (χ1n) is 6.92. The summed E-state index contributed by atoms with van der Waals surface area (Å²) in [7, 11) is 0. The number of rotatable bonds is 4. The van der Waals surface area contributed by atoms with Crippen LogP contribution in [0.25, 0.3) is 5.82 Å². The van der Waals surface area contributed by atoms with Crippen molar-refractivity contribution in [2.75, 3.05) is 5.43 Å². The van der Waals surface area contributed by atoms with Crippen LogP contribution in [-0.2, 0) is 0 Å². The Morgan fingerprint density at radius 1 is 1.18 bits per heavy atom. The zero-order valence-corrected chi connectivity index (χ0v) is 12.4. The third kappa shape index (κ3) is 3.17. The Labute approximate surface area is 128 Å². The van der Waals surface area contributed by atoms with E-state index in [1.54, 1.807) is 16.9 Å². The predicted octanol–water partition coefficient (Wildman–Crippen LogP) is 2.81. The normalized spacial score (nSPS) is 11.5. The number of hydrogen-bond acceptors (Lipinski definition) is 5. The quantitative estimate of drug-likeness (QED) is 0.593. The summed E-state index contributed by atoms with van der Waals surface area (Å²) in [5, 5.41) is 8.58. The molecule has 110 valence electrons. The number of hydrogen-bond donors (Lipinski definition) is 1. The van der Waals surface area contributed by atoms with E-state index in [1.165, 1.54) is 6.33 Å². The van der Waals surface area contributed by atoms with Gasteiger partial charge >= 0.3 is 0 Å². The minimum atomic E-state index is 0.619. The van der Waals surface area contributed by atoms with E-state index in [0.717, 1.165) is 16.8 Å². The van der Waals surface area contributed by atoms with Crippen molar-refractivity contribution in [3.63, 3.8) is 0 Å². The van der Waals surface area contributed by atoms with Gasteiger partial charge in [0, 0.05) is 12.3 Å². The molecule has 22 heavy (non-hydrogen) atoms. The van der Waals surface area contributed by atoms with Gasteiger partial charge in [-0.05, 0) is 25.0 Å². The lowest BCUT2D eigenvalue weighted by Crippen LogP contribution is -2.03. The average molecular weight is 292 g/mol. The van der Waals surface area contributed by atoms with Crippen LogP contribution in [0.1, 0.15) is 18.1 Å². The third-order valence-electron chi connectivity index (χ3n) is 3.13. The molecule has 0 spiro atoms. The summed E-state index contributed by atoms with van der Waals surface area (Å²) in [6.07, 6.45) is 5.18. The van der Waals surface area contributed by atoms with E-state index >= 15 is 0 Å². The highest BCUT2D eigenvalue weighted by atomic mass is 15.3. The van der Waals surface area contributed by atoms with E-state index in [0.29, 0.717) is 11.6 Å². The predicted molar refractivity (Wildman–Crippen MR) is 86.2 cm³/mol. The van der Waals surface area contributed by atoms with Crippen LogP contribution in [-0.4, -0.2) is 25.5 Å². The summed E-state index contributed by atoms with van der Waals surface area (Å²) in [5.74, 6) is 1.31. The number of benzene rings is 1. The fourth-order valence-electron chi connectivity index (χ4n) is 1.96. The highest BCUT2D eigenvalue weighted by Gasteiger charge is 2.02. The van der Waals surface area contributed by atoms with E-state index in [-0.39, 0.29) is 0 Å². The minimum Gasteiger partial charge on any atom is -0.261 e. The lowest BCUT2D eigenvalue weighted by molar-refractivity contribution is 0.839. The second-order valence-electron chi connectivity index (χ2n) is 4.90. The fourth-order valence-corrected chi connectivity index (χ4v) is 1.96. The Hall–Kier alpha value is -3.02. The molecule has 0 aliphatic carbocycles. The molecule has 0 saturated carbocycles. The number of hydrazone groups is 1. The molecule has 1 aromatic carbocycles. The lowest BCUT2D eigenvalue weighted by atomic mass is 10.1. The smallest absolute Gasteiger partial charge is 0.158 e. The molecule has 0 radical (unpaired) electrons. The lowest BCUT2D eigenvalue weighted by Gasteiger charge is -2.04. The van der Waals surface area contributed by atoms with Crippen LogP contribution in [0.5, 0.6) is 0 Å². The van der Waals surface area contributed by atoms with Crippen molar-refractivity contribution >= 4 is 11.5 Å². The molecule has 3 rings (SSSR count). The molecule has 6 nitrogen and oxygen atoms in total. The second kappa shape index (κ2) is 6.17. The zero-order valence-electron chi connectivity index (χ0n) is 12.4. The number of anilines is 1. The molecule has 2 heterocycles. The molecule has 0 saturated heterocycles. The Kier molecular flexibility index (Phi) is 3.91. The molecular weight excluding hydrogens is 276 g/mol. The molecule has 2 aromatic heterocycles. The second-order valence-corrected chi connectivity index (χ2v) is 4.90. The van der Waals surface area contributed by atoms with Gasteiger partial charge in [0.25, 0.3) is 0 Å². The van der Waals surface area contributed by atoms with Crippen LogP contribution in [0.3, 0.4) is 0 Å². The van der Waals surface area contributed by atoms with Crippen LogP contribution in [0.15, 0.2) is 60.2 Å². The van der Waals surface area contributed by atoms with Crippen LogP contribution in [0.2, 0.25) is 0 Å². The Balaban J connectivity index is 1.79. The summed E-state index contributed by atoms with van der Waals surface area (Å²) in [5.41, 5.74) is 5.98. The molecule has 6 heteroatoms. The van der Waals surface area contributed by atoms with E-state index < -0.39 is 0 Å². The van der Waals surface area contributed by atoms with E-state index in [2.05, 4.69) is 25.6 Å². The maximum atomic E-state index is 4.35. The maximum absolute atomic E-state index is 4.35. The van der Waals surface area contributed by atoms with Crippen LogP contribution in [0.4, 0.5) is 5.82 Å². The first-order valence-corrected chi connectivity index (χ1v) is 6.92. The van der Waals surface area contributed by atoms with Crippen molar-refractivity contribution < 1.29 is 0 Å². The zero-order chi connectivity index (χ0) is 15.4. The van der Waals surface area contributed by atoms with Crippen molar-refractivity contribution in [2.45, 2.75) is 13.8 Å². The molecule has 0 bridgehead atoms. The summed E-state index contributed by atoms with van der Waals surface area (Å²) >= 11 is 0. The molecular formula is C16H16N6.